The number of ether oxygens (including phenoxy) is 1. The molecule has 1 aromatic rings. The van der Waals surface area contributed by atoms with Crippen LogP contribution >= 0.6 is 11.6 Å². The molecule has 2 rings (SSSR count). The zero-order valence-electron chi connectivity index (χ0n) is 20.3. The first-order valence-electron chi connectivity index (χ1n) is 11.7. The van der Waals surface area contributed by atoms with Crippen molar-refractivity contribution in [2.24, 2.45) is 0 Å². The molecule has 0 saturated carbocycles. The van der Waals surface area contributed by atoms with E-state index in [0.29, 0.717) is 30.4 Å². The Morgan fingerprint density at radius 3 is 2.11 bits per heavy atom. The van der Waals surface area contributed by atoms with Gasteiger partial charge in [0.15, 0.2) is 6.23 Å². The van der Waals surface area contributed by atoms with Crippen molar-refractivity contribution < 1.29 is 39.5 Å². The molecular formula is C23H35ClN4O8. The van der Waals surface area contributed by atoms with Crippen LogP contribution in [0.25, 0.3) is 0 Å². The van der Waals surface area contributed by atoms with Crippen molar-refractivity contribution in [3.8, 4) is 5.75 Å². The topological polar surface area (TPSA) is 163 Å². The minimum absolute atomic E-state index is 0.112. The number of aliphatic hydroxyl groups is 1. The smallest absolute Gasteiger partial charge is 0.317 e. The lowest BCUT2D eigenvalue weighted by Crippen LogP contribution is -2.60. The maximum Gasteiger partial charge on any atom is 0.317 e. The van der Waals surface area contributed by atoms with Gasteiger partial charge in [0.05, 0.1) is 31.8 Å². The third-order valence-corrected chi connectivity index (χ3v) is 5.98. The molecule has 36 heavy (non-hydrogen) atoms. The van der Waals surface area contributed by atoms with Gasteiger partial charge in [-0.1, -0.05) is 11.6 Å². The first-order chi connectivity index (χ1) is 17.0. The van der Waals surface area contributed by atoms with Gasteiger partial charge in [-0.2, -0.15) is 0 Å². The third-order valence-electron chi connectivity index (χ3n) is 5.73. The molecule has 1 saturated heterocycles. The molecule has 1 fully saturated rings. The fourth-order valence-electron chi connectivity index (χ4n) is 4.17. The number of nitrogens with one attached hydrogen (secondary N) is 1. The van der Waals surface area contributed by atoms with Crippen molar-refractivity contribution in [2.45, 2.75) is 31.7 Å². The van der Waals surface area contributed by atoms with E-state index in [1.165, 1.54) is 0 Å². The Balaban J connectivity index is 2.52. The summed E-state index contributed by atoms with van der Waals surface area (Å²) in [4.78, 5) is 39.8. The molecule has 0 amide bonds. The third kappa shape index (κ3) is 10.6. The summed E-state index contributed by atoms with van der Waals surface area (Å²) in [6.45, 7) is 2.51. The van der Waals surface area contributed by atoms with Crippen LogP contribution in [-0.2, 0) is 14.4 Å². The highest BCUT2D eigenvalue weighted by Crippen LogP contribution is 2.24. The number of aliphatic carboxylic acids is 3. The number of halogens is 1. The van der Waals surface area contributed by atoms with Crippen molar-refractivity contribution in [3.05, 3.63) is 29.3 Å². The van der Waals surface area contributed by atoms with E-state index in [9.17, 15) is 34.8 Å². The molecule has 1 aliphatic rings. The molecule has 3 unspecified atom stereocenters. The maximum atomic E-state index is 11.8. The molecular weight excluding hydrogens is 496 g/mol. The van der Waals surface area contributed by atoms with Gasteiger partial charge in [-0.25, -0.2) is 0 Å². The highest BCUT2D eigenvalue weighted by molar-refractivity contribution is 6.30. The summed E-state index contributed by atoms with van der Waals surface area (Å²) < 4.78 is 6.27. The van der Waals surface area contributed by atoms with E-state index < -0.39 is 42.8 Å². The molecule has 13 heteroatoms. The van der Waals surface area contributed by atoms with Gasteiger partial charge in [0, 0.05) is 44.3 Å². The van der Waals surface area contributed by atoms with E-state index in [1.54, 1.807) is 45.9 Å². The highest BCUT2D eigenvalue weighted by Gasteiger charge is 2.37. The molecule has 12 nitrogen and oxygen atoms in total. The number of carboxylic acid groups (broad SMARTS) is 3. The molecule has 1 aliphatic heterocycles. The minimum atomic E-state index is -1.13. The molecule has 5 N–H and O–H groups in total. The second-order valence-electron chi connectivity index (χ2n) is 8.76. The zero-order valence-corrected chi connectivity index (χ0v) is 21.0. The largest absolute Gasteiger partial charge is 0.480 e. The Hall–Kier alpha value is -2.48. The van der Waals surface area contributed by atoms with Crippen LogP contribution in [0, 0.1) is 0 Å². The first kappa shape index (κ1) is 29.7. The Labute approximate surface area is 215 Å². The fourth-order valence-corrected chi connectivity index (χ4v) is 4.29. The van der Waals surface area contributed by atoms with E-state index in [0.717, 1.165) is 0 Å². The lowest BCUT2D eigenvalue weighted by Gasteiger charge is -2.42. The Morgan fingerprint density at radius 1 is 0.944 bits per heavy atom. The SMILES string of the molecule is CC(O)CC1C(Oc2ccc(Cl)cc2)N(CC(=O)O)CCN(CC(=O)O)CCNCCN1CC(=O)O. The Kier molecular flexibility index (Phi) is 12.3. The van der Waals surface area contributed by atoms with Gasteiger partial charge in [-0.15, -0.1) is 0 Å². The fraction of sp³-hybridized carbons (Fsp3) is 0.609. The number of aliphatic hydroxyl groups excluding tert-OH is 1. The van der Waals surface area contributed by atoms with Gasteiger partial charge in [0.1, 0.15) is 5.75 Å². The molecule has 0 aliphatic carbocycles. The molecule has 0 spiro atoms. The van der Waals surface area contributed by atoms with Crippen LogP contribution in [0.4, 0.5) is 0 Å². The monoisotopic (exact) mass is 530 g/mol. The lowest BCUT2D eigenvalue weighted by atomic mass is 10.0. The second-order valence-corrected chi connectivity index (χ2v) is 9.20. The summed E-state index contributed by atoms with van der Waals surface area (Å²) >= 11 is 6.00. The highest BCUT2D eigenvalue weighted by atomic mass is 35.5. The van der Waals surface area contributed by atoms with Gasteiger partial charge < -0.3 is 30.5 Å². The van der Waals surface area contributed by atoms with Gasteiger partial charge in [0.25, 0.3) is 0 Å². The summed E-state index contributed by atoms with van der Waals surface area (Å²) in [7, 11) is 0. The molecule has 0 bridgehead atoms. The van der Waals surface area contributed by atoms with E-state index in [-0.39, 0.29) is 39.1 Å². The van der Waals surface area contributed by atoms with Crippen molar-refractivity contribution >= 4 is 29.5 Å². The molecule has 1 aromatic carbocycles. The standard InChI is InChI=1S/C23H35ClN4O8/c1-16(29)12-19-23(36-18-4-2-17(24)3-5-18)28(15-22(34)35)11-10-26(13-20(30)31)8-6-25-7-9-27(19)14-21(32)33/h2-5,16,19,23,25,29H,6-15H2,1H3,(H,30,31)(H,32,33)(H,34,35). The van der Waals surface area contributed by atoms with E-state index in [2.05, 4.69) is 5.32 Å². The summed E-state index contributed by atoms with van der Waals surface area (Å²) in [5, 5.41) is 42.6. The normalized spacial score (nSPS) is 22.2. The van der Waals surface area contributed by atoms with E-state index in [4.69, 9.17) is 16.3 Å². The number of benzene rings is 1. The van der Waals surface area contributed by atoms with Crippen molar-refractivity contribution in [1.29, 1.82) is 0 Å². The van der Waals surface area contributed by atoms with Gasteiger partial charge in [-0.3, -0.25) is 29.1 Å². The van der Waals surface area contributed by atoms with Crippen molar-refractivity contribution in [2.75, 3.05) is 58.9 Å². The second kappa shape index (κ2) is 14.9. The van der Waals surface area contributed by atoms with Crippen LogP contribution in [0.3, 0.4) is 0 Å². The van der Waals surface area contributed by atoms with Gasteiger partial charge in [0.2, 0.25) is 0 Å². The number of carboxylic acids is 3. The minimum Gasteiger partial charge on any atom is -0.480 e. The Bertz CT molecular complexity index is 857. The molecule has 0 radical (unpaired) electrons. The number of rotatable bonds is 10. The number of hydrogen-bond acceptors (Lipinski definition) is 9. The molecule has 202 valence electrons. The number of carbonyl (C=O) groups is 3. The van der Waals surface area contributed by atoms with Crippen LogP contribution in [0.15, 0.2) is 24.3 Å². The van der Waals surface area contributed by atoms with Crippen molar-refractivity contribution in [1.82, 2.24) is 20.0 Å². The molecule has 1 heterocycles. The predicted octanol–water partition coefficient (Wildman–Crippen LogP) is -0.0526. The number of nitrogens with zero attached hydrogens (tertiary/aromatic N) is 3. The zero-order chi connectivity index (χ0) is 26.7. The summed E-state index contributed by atoms with van der Waals surface area (Å²) in [6, 6.07) is 5.77. The predicted molar refractivity (Wildman–Crippen MR) is 131 cm³/mol. The summed E-state index contributed by atoms with van der Waals surface area (Å²) in [5.41, 5.74) is 0. The molecule has 3 atom stereocenters. The average Bonchev–Trinajstić information content (AvgIpc) is 2.77. The van der Waals surface area contributed by atoms with Crippen LogP contribution in [-0.4, -0.2) is 130 Å². The van der Waals surface area contributed by atoms with Gasteiger partial charge in [-0.05, 0) is 37.6 Å². The number of hydrogen-bond donors (Lipinski definition) is 5. The van der Waals surface area contributed by atoms with E-state index >= 15 is 0 Å². The maximum absolute atomic E-state index is 11.8. The van der Waals surface area contributed by atoms with Crippen molar-refractivity contribution in [3.63, 3.8) is 0 Å². The van der Waals surface area contributed by atoms with Gasteiger partial charge >= 0.3 is 17.9 Å². The quantitative estimate of drug-likeness (QED) is 0.274. The average molecular weight is 531 g/mol. The van der Waals surface area contributed by atoms with Crippen LogP contribution in [0.5, 0.6) is 5.75 Å². The first-order valence-corrected chi connectivity index (χ1v) is 12.1. The van der Waals surface area contributed by atoms with E-state index in [1.807, 2.05) is 0 Å². The lowest BCUT2D eigenvalue weighted by molar-refractivity contribution is -0.147. The molecule has 0 aromatic heterocycles. The summed E-state index contributed by atoms with van der Waals surface area (Å²) in [6.07, 6.45) is -1.69. The van der Waals surface area contributed by atoms with Crippen LogP contribution in [0.2, 0.25) is 5.02 Å². The van der Waals surface area contributed by atoms with Crippen LogP contribution < -0.4 is 10.1 Å². The summed E-state index contributed by atoms with van der Waals surface area (Å²) in [5.74, 6) is -2.81. The Morgan fingerprint density at radius 2 is 1.53 bits per heavy atom. The van der Waals surface area contributed by atoms with Crippen LogP contribution in [0.1, 0.15) is 13.3 Å².